The Kier molecular flexibility index (Phi) is 3.51. The van der Waals surface area contributed by atoms with Crippen molar-refractivity contribution in [2.24, 2.45) is 0 Å². The summed E-state index contributed by atoms with van der Waals surface area (Å²) in [6.07, 6.45) is 4.19. The molecular weight excluding hydrogens is 250 g/mol. The molecule has 1 aromatic rings. The Hall–Kier alpha value is -0.590. The molecule has 0 saturated carbocycles. The van der Waals surface area contributed by atoms with Crippen molar-refractivity contribution in [3.63, 3.8) is 0 Å². The number of piperidine rings is 1. The third-order valence-electron chi connectivity index (χ3n) is 2.81. The number of hydrogen-bond acceptors (Lipinski definition) is 3. The van der Waals surface area contributed by atoms with Gasteiger partial charge in [-0.2, -0.15) is 9.40 Å². The fourth-order valence-electron chi connectivity index (χ4n) is 1.96. The van der Waals surface area contributed by atoms with Gasteiger partial charge in [-0.3, -0.25) is 5.10 Å². The molecule has 5 nitrogen and oxygen atoms in total. The maximum Gasteiger partial charge on any atom is 0.260 e. The minimum absolute atomic E-state index is 0.0938. The van der Waals surface area contributed by atoms with E-state index in [1.165, 1.54) is 16.6 Å². The largest absolute Gasteiger partial charge is 0.266 e. The van der Waals surface area contributed by atoms with Gasteiger partial charge in [0.1, 0.15) is 0 Å². The Balaban J connectivity index is 2.28. The Labute approximate surface area is 99.8 Å². The van der Waals surface area contributed by atoms with Gasteiger partial charge in [-0.25, -0.2) is 8.42 Å². The molecule has 16 heavy (non-hydrogen) atoms. The molecule has 1 aliphatic rings. The number of halogens is 1. The smallest absolute Gasteiger partial charge is 0.260 e. The van der Waals surface area contributed by atoms with Crippen LogP contribution in [0.3, 0.4) is 0 Å². The van der Waals surface area contributed by atoms with E-state index in [1.54, 1.807) is 0 Å². The molecule has 0 radical (unpaired) electrons. The summed E-state index contributed by atoms with van der Waals surface area (Å²) in [5.74, 6) is 0.341. The van der Waals surface area contributed by atoms with E-state index in [1.807, 2.05) is 0 Å². The average molecular weight is 264 g/mol. The third kappa shape index (κ3) is 2.09. The van der Waals surface area contributed by atoms with E-state index in [9.17, 15) is 8.42 Å². The van der Waals surface area contributed by atoms with E-state index >= 15 is 0 Å². The van der Waals surface area contributed by atoms with Gasteiger partial charge >= 0.3 is 0 Å². The van der Waals surface area contributed by atoms with Crippen molar-refractivity contribution in [1.82, 2.24) is 14.5 Å². The predicted octanol–water partition coefficient (Wildman–Crippen LogP) is 1.19. The van der Waals surface area contributed by atoms with Gasteiger partial charge in [0.05, 0.1) is 6.20 Å². The molecule has 1 atom stereocenters. The minimum Gasteiger partial charge on any atom is -0.266 e. The predicted molar refractivity (Wildman–Crippen MR) is 60.8 cm³/mol. The van der Waals surface area contributed by atoms with Crippen LogP contribution in [0.25, 0.3) is 0 Å². The molecule has 0 aromatic carbocycles. The fourth-order valence-corrected chi connectivity index (χ4v) is 3.96. The number of aromatic amines is 1. The lowest BCUT2D eigenvalue weighted by Gasteiger charge is -2.32. The number of rotatable bonds is 3. The first-order valence-electron chi connectivity index (χ1n) is 5.23. The van der Waals surface area contributed by atoms with Gasteiger partial charge in [-0.1, -0.05) is 6.42 Å². The number of aromatic nitrogens is 2. The normalized spacial score (nSPS) is 23.4. The van der Waals surface area contributed by atoms with Crippen LogP contribution < -0.4 is 0 Å². The molecule has 90 valence electrons. The molecule has 0 aliphatic carbocycles. The van der Waals surface area contributed by atoms with Crippen molar-refractivity contribution in [1.29, 1.82) is 0 Å². The topological polar surface area (TPSA) is 66.1 Å². The number of hydrogen-bond donors (Lipinski definition) is 1. The van der Waals surface area contributed by atoms with Gasteiger partial charge in [0.15, 0.2) is 5.03 Å². The van der Waals surface area contributed by atoms with Gasteiger partial charge in [0, 0.05) is 18.5 Å². The lowest BCUT2D eigenvalue weighted by atomic mass is 10.1. The zero-order valence-electron chi connectivity index (χ0n) is 8.76. The number of H-pyrrole nitrogens is 1. The average Bonchev–Trinajstić information content (AvgIpc) is 2.83. The highest BCUT2D eigenvalue weighted by molar-refractivity contribution is 7.89. The third-order valence-corrected chi connectivity index (χ3v) is 5.05. The van der Waals surface area contributed by atoms with Crippen LogP contribution in [0.4, 0.5) is 0 Å². The Morgan fingerprint density at radius 1 is 1.56 bits per heavy atom. The maximum absolute atomic E-state index is 12.2. The van der Waals surface area contributed by atoms with E-state index < -0.39 is 10.0 Å². The molecule has 0 spiro atoms. The van der Waals surface area contributed by atoms with Crippen LogP contribution in [0.2, 0.25) is 0 Å². The second-order valence-corrected chi connectivity index (χ2v) is 6.01. The van der Waals surface area contributed by atoms with E-state index in [0.717, 1.165) is 19.3 Å². The highest BCUT2D eigenvalue weighted by Gasteiger charge is 2.33. The Bertz CT molecular complexity index is 432. The number of nitrogens with zero attached hydrogens (tertiary/aromatic N) is 2. The van der Waals surface area contributed by atoms with Crippen LogP contribution in [0.1, 0.15) is 19.3 Å². The van der Waals surface area contributed by atoms with Gasteiger partial charge in [-0.15, -0.1) is 11.6 Å². The van der Waals surface area contributed by atoms with Crippen LogP contribution >= 0.6 is 11.6 Å². The summed E-state index contributed by atoms with van der Waals surface area (Å²) in [7, 11) is -3.45. The van der Waals surface area contributed by atoms with Gasteiger partial charge in [0.25, 0.3) is 10.0 Å². The molecule has 1 aromatic heterocycles. The minimum atomic E-state index is -3.45. The van der Waals surface area contributed by atoms with Gasteiger partial charge in [0.2, 0.25) is 0 Å². The zero-order chi connectivity index (χ0) is 11.6. The Morgan fingerprint density at radius 3 is 3.00 bits per heavy atom. The van der Waals surface area contributed by atoms with Crippen molar-refractivity contribution in [3.8, 4) is 0 Å². The molecule has 1 unspecified atom stereocenters. The van der Waals surface area contributed by atoms with E-state index in [4.69, 9.17) is 11.6 Å². The van der Waals surface area contributed by atoms with Crippen LogP contribution in [-0.2, 0) is 10.0 Å². The van der Waals surface area contributed by atoms with Gasteiger partial charge in [-0.05, 0) is 18.9 Å². The molecular formula is C9H14ClN3O2S. The number of sulfonamides is 1. The molecule has 0 amide bonds. The van der Waals surface area contributed by atoms with Crippen molar-refractivity contribution in [3.05, 3.63) is 12.3 Å². The first-order valence-corrected chi connectivity index (χ1v) is 7.21. The summed E-state index contributed by atoms with van der Waals surface area (Å²) in [5.41, 5.74) is 0. The van der Waals surface area contributed by atoms with Crippen LogP contribution in [0.5, 0.6) is 0 Å². The summed E-state index contributed by atoms with van der Waals surface area (Å²) >= 11 is 5.81. The molecule has 7 heteroatoms. The van der Waals surface area contributed by atoms with Crippen molar-refractivity contribution in [2.75, 3.05) is 12.4 Å². The zero-order valence-corrected chi connectivity index (χ0v) is 10.3. The van der Waals surface area contributed by atoms with E-state index in [0.29, 0.717) is 12.4 Å². The summed E-state index contributed by atoms with van der Waals surface area (Å²) in [6.45, 7) is 0.540. The van der Waals surface area contributed by atoms with Crippen molar-refractivity contribution < 1.29 is 8.42 Å². The number of nitrogens with one attached hydrogen (secondary N) is 1. The molecule has 1 N–H and O–H groups in total. The quantitative estimate of drug-likeness (QED) is 0.833. The monoisotopic (exact) mass is 263 g/mol. The van der Waals surface area contributed by atoms with Crippen molar-refractivity contribution in [2.45, 2.75) is 30.3 Å². The second-order valence-electron chi connectivity index (χ2n) is 3.84. The van der Waals surface area contributed by atoms with Crippen LogP contribution in [0, 0.1) is 0 Å². The standard InChI is InChI=1S/C9H14ClN3O2S/c10-7-8-3-1-2-6-13(8)16(14,15)9-4-5-11-12-9/h4-5,8H,1-3,6-7H2,(H,11,12). The molecule has 2 heterocycles. The molecule has 2 rings (SSSR count). The fraction of sp³-hybridized carbons (Fsp3) is 0.667. The Morgan fingerprint density at radius 2 is 2.38 bits per heavy atom. The van der Waals surface area contributed by atoms with Crippen LogP contribution in [-0.4, -0.2) is 41.4 Å². The first-order chi connectivity index (χ1) is 7.66. The molecule has 1 saturated heterocycles. The summed E-state index contributed by atoms with van der Waals surface area (Å²) in [5, 5.41) is 6.31. The lowest BCUT2D eigenvalue weighted by Crippen LogP contribution is -2.44. The van der Waals surface area contributed by atoms with E-state index in [-0.39, 0.29) is 11.1 Å². The highest BCUT2D eigenvalue weighted by atomic mass is 35.5. The van der Waals surface area contributed by atoms with Gasteiger partial charge < -0.3 is 0 Å². The summed E-state index contributed by atoms with van der Waals surface area (Å²) in [4.78, 5) is 0. The number of alkyl halides is 1. The van der Waals surface area contributed by atoms with E-state index in [2.05, 4.69) is 10.2 Å². The highest BCUT2D eigenvalue weighted by Crippen LogP contribution is 2.24. The first kappa shape index (κ1) is 11.9. The molecule has 1 aliphatic heterocycles. The van der Waals surface area contributed by atoms with Crippen LogP contribution in [0.15, 0.2) is 17.3 Å². The van der Waals surface area contributed by atoms with Crippen molar-refractivity contribution >= 4 is 21.6 Å². The lowest BCUT2D eigenvalue weighted by molar-refractivity contribution is 0.270. The maximum atomic E-state index is 12.2. The molecule has 0 bridgehead atoms. The SMILES string of the molecule is O=S(=O)(c1ccn[nH]1)N1CCCCC1CCl. The molecule has 1 fully saturated rings. The summed E-state index contributed by atoms with van der Waals surface area (Å²) in [6, 6.07) is 1.37. The second kappa shape index (κ2) is 4.73. The summed E-state index contributed by atoms with van der Waals surface area (Å²) < 4.78 is 25.9.